The van der Waals surface area contributed by atoms with Gasteiger partial charge in [-0.1, -0.05) is 313 Å². The fraction of sp³-hybridized carbons (Fsp3) is 0.0672. The Bertz CT molecular complexity index is 6950. The van der Waals surface area contributed by atoms with Crippen LogP contribution < -0.4 is 157 Å². The minimum atomic E-state index is -0.680. The Hall–Kier alpha value is -11.6. The SMILES string of the molecule is COc1ccc(C2(c3ccc(Oc4ccc(C(=O)c5ccc(C)cc5)cc4)cc3)c3ccccc3-c3ccccc32)cc1.COc1ccc(C2(c3ccc(Oc4ccc(C(O)c5ccc(C)cc5)cc4)cc3)c3ccccc3-c3ccccc32)cc1.O=C(c1ccc(Cl)cc1)c1ccc(Cl)cc1.O=CO[O-].Oc1ccc(C2(c3ccc(O)cc3)c3ccccc3-c3ccccc32)cc1.[B].[H-].[H-].[K+].[K+].[Na+]. The number of fused-ring (bicyclic) bond motifs is 9. The number of halogens is 2. The third kappa shape index (κ3) is 21.4. The van der Waals surface area contributed by atoms with E-state index in [1.54, 1.807) is 87.0 Å². The third-order valence-corrected chi connectivity index (χ3v) is 25.3. The van der Waals surface area contributed by atoms with Gasteiger partial charge in [0, 0.05) is 40.7 Å². The number of aliphatic hydroxyl groups excluding tert-OH is 1. The summed E-state index contributed by atoms with van der Waals surface area (Å²) >= 11 is 11.5. The van der Waals surface area contributed by atoms with Crippen LogP contribution in [0.1, 0.15) is 130 Å². The number of ether oxygens (including phenoxy) is 4. The summed E-state index contributed by atoms with van der Waals surface area (Å²) in [5.74, 6) is 4.99. The summed E-state index contributed by atoms with van der Waals surface area (Å²) in [7, 11) is 3.39. The van der Waals surface area contributed by atoms with E-state index >= 15 is 0 Å². The predicted octanol–water partition coefficient (Wildman–Crippen LogP) is 17.6. The van der Waals surface area contributed by atoms with Crippen LogP contribution in [0.5, 0.6) is 46.0 Å². The van der Waals surface area contributed by atoms with Crippen LogP contribution in [0, 0.1) is 13.8 Å². The largest absolute Gasteiger partial charge is 1.00 e. The Morgan fingerprint density at radius 1 is 0.307 bits per heavy atom. The first-order valence-corrected chi connectivity index (χ1v) is 44.1. The Balaban J connectivity index is 0.000000181. The van der Waals surface area contributed by atoms with Gasteiger partial charge in [-0.25, -0.2) is 0 Å². The first-order valence-electron chi connectivity index (χ1n) is 43.3. The van der Waals surface area contributed by atoms with E-state index in [9.17, 15) is 24.9 Å². The standard InChI is InChI=1S/C40H32O3.C40H30O3.C25H18O2.C13H8Cl2O.CH2O3.B.2K.Na.2H/c2*1-27-11-13-28(14-12-27)39(41)29-15-21-33(22-16-29)43-34-25-19-31(20-26-34)40(30-17-23-32(42-2)24-18-30)37-9-5-3-7-35(37)36-8-4-6-10-38(36)40;26-19-13-9-17(10-14-19)25(18-11-15-20(27)16-12-18)23-7-3-1-5-21(23)22-6-2-4-8-24(22)25;14-11-5-1-9(2-6-11)13(16)10-3-7-12(15)8-4-10;2-1-4-3;;;;;;/h3-26,39,41H,1-2H3;3-26H,1-2H3;1-16,26-27H;1-8H;1,3H;;;;;;/q;;;;;;3*+1;2*-1/p-1. The molecule has 12 nitrogen and oxygen atoms in total. The molecule has 3 aliphatic carbocycles. The van der Waals surface area contributed by atoms with Crippen LogP contribution in [0.25, 0.3) is 33.4 Å². The molecule has 0 aromatic heterocycles. The summed E-state index contributed by atoms with van der Waals surface area (Å²) in [4.78, 5) is 36.1. The number of carbonyl (C=O) groups is 3. The summed E-state index contributed by atoms with van der Waals surface area (Å²) in [5.41, 5.74) is 26.8. The van der Waals surface area contributed by atoms with Gasteiger partial charge < -0.3 is 47.3 Å². The maximum Gasteiger partial charge on any atom is 1.00 e. The van der Waals surface area contributed by atoms with E-state index < -0.39 is 22.3 Å². The van der Waals surface area contributed by atoms with E-state index in [2.05, 4.69) is 199 Å². The molecule has 3 aliphatic rings. The number of aryl methyl sites for hydroxylation is 2. The number of methoxy groups -OCH3 is 2. The van der Waals surface area contributed by atoms with Crippen LogP contribution in [0.2, 0.25) is 10.0 Å². The Morgan fingerprint density at radius 2 is 0.496 bits per heavy atom. The maximum absolute atomic E-state index is 12.9. The van der Waals surface area contributed by atoms with Crippen LogP contribution >= 0.6 is 23.2 Å². The monoisotopic (exact) mass is 1890 g/mol. The number of phenols is 2. The average molecular weight is 1900 g/mol. The van der Waals surface area contributed by atoms with E-state index in [0.29, 0.717) is 43.8 Å². The second-order valence-corrected chi connectivity index (χ2v) is 33.3. The summed E-state index contributed by atoms with van der Waals surface area (Å²) in [5, 5.41) is 40.2. The summed E-state index contributed by atoms with van der Waals surface area (Å²) in [6.45, 7) is 3.87. The van der Waals surface area contributed by atoms with Gasteiger partial charge in [0.1, 0.15) is 52.1 Å². The van der Waals surface area contributed by atoms with Crippen molar-refractivity contribution in [3.8, 4) is 79.4 Å². The number of rotatable bonds is 19. The minimum Gasteiger partial charge on any atom is -1.00 e. The topological polar surface area (TPSA) is 181 Å². The van der Waals surface area contributed by atoms with E-state index in [-0.39, 0.29) is 173 Å². The molecule has 0 saturated carbocycles. The fourth-order valence-electron chi connectivity index (χ4n) is 18.6. The number of hydrogen-bond acceptors (Lipinski definition) is 12. The molecule has 0 aliphatic heterocycles. The van der Waals surface area contributed by atoms with Crippen LogP contribution in [-0.4, -0.2) is 56.0 Å². The van der Waals surface area contributed by atoms with Gasteiger partial charge in [0.2, 0.25) is 0 Å². The van der Waals surface area contributed by atoms with Gasteiger partial charge in [-0.3, -0.25) is 14.4 Å². The van der Waals surface area contributed by atoms with Crippen molar-refractivity contribution in [2.24, 2.45) is 0 Å². The van der Waals surface area contributed by atoms with Gasteiger partial charge in [-0.2, -0.15) is 0 Å². The molecule has 18 heteroatoms. The van der Waals surface area contributed by atoms with E-state index in [4.69, 9.17) is 52.2 Å². The molecule has 0 spiro atoms. The quantitative estimate of drug-likeness (QED) is 0.0229. The Labute approximate surface area is 920 Å². The summed E-state index contributed by atoms with van der Waals surface area (Å²) in [6.07, 6.45) is -0.680. The van der Waals surface area contributed by atoms with E-state index in [1.165, 1.54) is 89.0 Å². The summed E-state index contributed by atoms with van der Waals surface area (Å²) in [6, 6.07) is 144. The van der Waals surface area contributed by atoms with Crippen LogP contribution in [0.15, 0.2) is 437 Å². The van der Waals surface area contributed by atoms with Crippen molar-refractivity contribution in [1.29, 1.82) is 0 Å². The van der Waals surface area contributed by atoms with Crippen molar-refractivity contribution in [2.45, 2.75) is 36.2 Å². The Kier molecular flexibility index (Phi) is 35.0. The molecule has 18 aromatic rings. The van der Waals surface area contributed by atoms with E-state index in [1.807, 2.05) is 184 Å². The van der Waals surface area contributed by atoms with Crippen molar-refractivity contribution >= 4 is 49.7 Å². The van der Waals surface area contributed by atoms with Crippen molar-refractivity contribution < 1.29 is 194 Å². The number of hydrogen-bond donors (Lipinski definition) is 3. The van der Waals surface area contributed by atoms with Gasteiger partial charge in [0.05, 0.1) is 30.5 Å². The van der Waals surface area contributed by atoms with Gasteiger partial charge in [0.25, 0.3) is 6.47 Å². The molecule has 1 atom stereocenters. The molecule has 1 unspecified atom stereocenters. The van der Waals surface area contributed by atoms with Gasteiger partial charge in [0.15, 0.2) is 11.6 Å². The molecule has 3 N–H and O–H groups in total. The zero-order valence-electron chi connectivity index (χ0n) is 78.6. The number of ketones is 2. The molecular formula is C119H91BCl2K2NaO12. The minimum absolute atomic E-state index is 0. The Morgan fingerprint density at radius 3 is 0.737 bits per heavy atom. The van der Waals surface area contributed by atoms with Crippen LogP contribution in [0.3, 0.4) is 0 Å². The number of aromatic hydroxyl groups is 2. The number of carbonyl (C=O) groups excluding carboxylic acids is 3. The second kappa shape index (κ2) is 46.7. The molecule has 0 amide bonds. The maximum atomic E-state index is 12.9. The average Bonchev–Trinajstić information content (AvgIpc) is 1.55. The molecule has 0 saturated heterocycles. The van der Waals surface area contributed by atoms with Crippen LogP contribution in [0.4, 0.5) is 0 Å². The number of phenolic OH excluding ortho intramolecular Hbond substituents is 2. The molecule has 21 rings (SSSR count). The van der Waals surface area contributed by atoms with Crippen molar-refractivity contribution in [3.63, 3.8) is 0 Å². The van der Waals surface area contributed by atoms with E-state index in [0.717, 1.165) is 56.4 Å². The molecule has 3 radical (unpaired) electrons. The van der Waals surface area contributed by atoms with Crippen molar-refractivity contribution in [2.75, 3.05) is 14.2 Å². The van der Waals surface area contributed by atoms with Gasteiger partial charge in [-0.15, -0.1) is 0 Å². The van der Waals surface area contributed by atoms with Crippen molar-refractivity contribution in [1.82, 2.24) is 0 Å². The predicted molar refractivity (Wildman–Crippen MR) is 532 cm³/mol. The van der Waals surface area contributed by atoms with Crippen molar-refractivity contribution in [3.05, 3.63) is 558 Å². The molecule has 659 valence electrons. The first-order chi connectivity index (χ1) is 64.9. The molecule has 0 bridgehead atoms. The number of benzene rings is 18. The first kappa shape index (κ1) is 103. The molecule has 0 fully saturated rings. The van der Waals surface area contributed by atoms with Crippen LogP contribution in [-0.2, 0) is 25.9 Å². The molecule has 18 aromatic carbocycles. The van der Waals surface area contributed by atoms with Gasteiger partial charge >= 0.3 is 132 Å². The second-order valence-electron chi connectivity index (χ2n) is 32.5. The normalized spacial score (nSPS) is 12.3. The fourth-order valence-corrected chi connectivity index (χ4v) is 18.8. The molecule has 0 heterocycles. The smallest absolute Gasteiger partial charge is 1.00 e. The van der Waals surface area contributed by atoms with Gasteiger partial charge in [-0.05, 0) is 283 Å². The summed E-state index contributed by atoms with van der Waals surface area (Å²) < 4.78 is 23.5. The molecular weight excluding hydrogens is 1800 g/mol. The molecule has 137 heavy (non-hydrogen) atoms. The number of aliphatic hydroxyl groups is 1. The third-order valence-electron chi connectivity index (χ3n) is 24.8. The zero-order valence-corrected chi connectivity index (χ0v) is 86.3. The zero-order chi connectivity index (χ0) is 92.2.